The molecule has 0 unspecified atom stereocenters. The first-order valence-electron chi connectivity index (χ1n) is 18.9. The topological polar surface area (TPSA) is 30.5 Å². The van der Waals surface area contributed by atoms with Crippen molar-refractivity contribution >= 4 is 0 Å². The first-order chi connectivity index (χ1) is 21.4. The van der Waals surface area contributed by atoms with Crippen LogP contribution in [0.5, 0.6) is 0 Å². The molecule has 1 rings (SSSR count). The Morgan fingerprint density at radius 3 is 1.12 bits per heavy atom. The van der Waals surface area contributed by atoms with E-state index >= 15 is 0 Å². The van der Waals surface area contributed by atoms with Crippen LogP contribution in [-0.4, -0.2) is 38.5 Å². The molecule has 43 heavy (non-hydrogen) atoms. The van der Waals surface area contributed by atoms with Crippen molar-refractivity contribution in [3.63, 3.8) is 0 Å². The maximum atomic E-state index is 6.21. The SMILES string of the molecule is CCCCC/C=C\C/C=C\CCCCCCCCO[C@H]1CNC[C@@H]1OCCCCCCCC/C=C\C/C=C\CCCCC. The van der Waals surface area contributed by atoms with Gasteiger partial charge in [-0.05, 0) is 77.0 Å². The van der Waals surface area contributed by atoms with Crippen molar-refractivity contribution in [1.29, 1.82) is 0 Å². The zero-order valence-electron chi connectivity index (χ0n) is 28.9. The molecule has 1 N–H and O–H groups in total. The lowest BCUT2D eigenvalue weighted by atomic mass is 10.1. The molecule has 0 saturated carbocycles. The molecule has 3 nitrogen and oxygen atoms in total. The van der Waals surface area contributed by atoms with Crippen LogP contribution in [0.25, 0.3) is 0 Å². The minimum absolute atomic E-state index is 0.238. The highest BCUT2D eigenvalue weighted by atomic mass is 16.5. The summed E-state index contributed by atoms with van der Waals surface area (Å²) in [5.41, 5.74) is 0. The summed E-state index contributed by atoms with van der Waals surface area (Å²) in [5.74, 6) is 0. The lowest BCUT2D eigenvalue weighted by Gasteiger charge is -2.20. The van der Waals surface area contributed by atoms with Gasteiger partial charge in [-0.2, -0.15) is 0 Å². The Hall–Kier alpha value is -1.16. The Morgan fingerprint density at radius 1 is 0.419 bits per heavy atom. The Labute approximate surface area is 269 Å². The van der Waals surface area contributed by atoms with Gasteiger partial charge in [0.1, 0.15) is 0 Å². The first-order valence-corrected chi connectivity index (χ1v) is 18.9. The van der Waals surface area contributed by atoms with Gasteiger partial charge in [-0.25, -0.2) is 0 Å². The monoisotopic (exact) mass is 600 g/mol. The number of hydrogen-bond acceptors (Lipinski definition) is 3. The van der Waals surface area contributed by atoms with E-state index in [0.29, 0.717) is 0 Å². The molecule has 0 spiro atoms. The van der Waals surface area contributed by atoms with Crippen LogP contribution in [0.4, 0.5) is 0 Å². The molecule has 1 fully saturated rings. The molecular weight excluding hydrogens is 526 g/mol. The highest BCUT2D eigenvalue weighted by Crippen LogP contribution is 2.14. The number of hydrogen-bond donors (Lipinski definition) is 1. The van der Waals surface area contributed by atoms with Crippen LogP contribution < -0.4 is 5.32 Å². The molecule has 3 heteroatoms. The minimum Gasteiger partial charge on any atom is -0.374 e. The summed E-state index contributed by atoms with van der Waals surface area (Å²) in [6.07, 6.45) is 50.1. The van der Waals surface area contributed by atoms with Gasteiger partial charge < -0.3 is 14.8 Å². The Bertz CT molecular complexity index is 611. The van der Waals surface area contributed by atoms with E-state index in [2.05, 4.69) is 67.8 Å². The van der Waals surface area contributed by atoms with Gasteiger partial charge in [0, 0.05) is 26.3 Å². The van der Waals surface area contributed by atoms with Gasteiger partial charge in [0.25, 0.3) is 0 Å². The van der Waals surface area contributed by atoms with Crippen molar-refractivity contribution in [2.75, 3.05) is 26.3 Å². The summed E-state index contributed by atoms with van der Waals surface area (Å²) >= 11 is 0. The molecule has 0 radical (unpaired) electrons. The lowest BCUT2D eigenvalue weighted by Crippen LogP contribution is -2.30. The molecule has 1 aliphatic heterocycles. The van der Waals surface area contributed by atoms with Crippen LogP contribution in [0.3, 0.4) is 0 Å². The van der Waals surface area contributed by atoms with E-state index in [1.807, 2.05) is 0 Å². The average Bonchev–Trinajstić information content (AvgIpc) is 3.47. The zero-order chi connectivity index (χ0) is 30.7. The van der Waals surface area contributed by atoms with Gasteiger partial charge in [-0.15, -0.1) is 0 Å². The molecule has 1 saturated heterocycles. The third-order valence-electron chi connectivity index (χ3n) is 8.46. The average molecular weight is 600 g/mol. The molecule has 0 aromatic rings. The number of rotatable bonds is 32. The third-order valence-corrected chi connectivity index (χ3v) is 8.46. The second-order valence-corrected chi connectivity index (χ2v) is 12.6. The van der Waals surface area contributed by atoms with Crippen molar-refractivity contribution in [3.8, 4) is 0 Å². The predicted molar refractivity (Wildman–Crippen MR) is 191 cm³/mol. The minimum atomic E-state index is 0.238. The molecule has 2 atom stereocenters. The van der Waals surface area contributed by atoms with Gasteiger partial charge in [0.15, 0.2) is 0 Å². The summed E-state index contributed by atoms with van der Waals surface area (Å²) in [6, 6.07) is 0. The number of unbranched alkanes of at least 4 members (excludes halogenated alkanes) is 18. The van der Waals surface area contributed by atoms with Crippen molar-refractivity contribution in [1.82, 2.24) is 5.32 Å². The van der Waals surface area contributed by atoms with E-state index in [4.69, 9.17) is 9.47 Å². The van der Waals surface area contributed by atoms with E-state index in [0.717, 1.165) is 39.1 Å². The smallest absolute Gasteiger partial charge is 0.0973 e. The quantitative estimate of drug-likeness (QED) is 0.0616. The Kier molecular flexibility index (Phi) is 31.3. The molecule has 1 heterocycles. The van der Waals surface area contributed by atoms with Gasteiger partial charge in [-0.1, -0.05) is 140 Å². The molecule has 0 aromatic carbocycles. The Morgan fingerprint density at radius 2 is 0.744 bits per heavy atom. The first kappa shape index (κ1) is 39.9. The van der Waals surface area contributed by atoms with Crippen LogP contribution in [0, 0.1) is 0 Å². The fraction of sp³-hybridized carbons (Fsp3) is 0.800. The number of allylic oxidation sites excluding steroid dienone is 8. The standard InChI is InChI=1S/C40H73NO2/c1-3-5-7-9-11-13-15-17-19-21-23-25-27-29-31-33-35-42-39-37-41-38-40(39)43-36-34-32-30-28-26-24-22-20-18-16-14-12-10-8-6-4-2/h11-14,17-20,39-41H,3-10,15-16,21-38H2,1-2H3/b13-11-,14-12-,19-17-,20-18-/t39-,40-/m0/s1. The molecule has 0 aliphatic carbocycles. The molecule has 0 amide bonds. The van der Waals surface area contributed by atoms with E-state index in [9.17, 15) is 0 Å². The van der Waals surface area contributed by atoms with E-state index in [1.165, 1.54) is 141 Å². The van der Waals surface area contributed by atoms with Crippen molar-refractivity contribution in [3.05, 3.63) is 48.6 Å². The number of ether oxygens (including phenoxy) is 2. The predicted octanol–water partition coefficient (Wildman–Crippen LogP) is 12.0. The molecular formula is C40H73NO2. The maximum Gasteiger partial charge on any atom is 0.0973 e. The van der Waals surface area contributed by atoms with Crippen molar-refractivity contribution in [2.45, 2.75) is 180 Å². The van der Waals surface area contributed by atoms with Gasteiger partial charge >= 0.3 is 0 Å². The van der Waals surface area contributed by atoms with E-state index in [-0.39, 0.29) is 12.2 Å². The fourth-order valence-electron chi connectivity index (χ4n) is 5.61. The normalized spacial score (nSPS) is 17.6. The molecule has 1 aliphatic rings. The van der Waals surface area contributed by atoms with Crippen molar-refractivity contribution in [2.24, 2.45) is 0 Å². The lowest BCUT2D eigenvalue weighted by molar-refractivity contribution is -0.0481. The molecule has 0 aromatic heterocycles. The highest BCUT2D eigenvalue weighted by Gasteiger charge is 2.28. The molecule has 0 bridgehead atoms. The van der Waals surface area contributed by atoms with Crippen molar-refractivity contribution < 1.29 is 9.47 Å². The summed E-state index contributed by atoms with van der Waals surface area (Å²) in [5, 5.41) is 3.47. The maximum absolute atomic E-state index is 6.21. The van der Waals surface area contributed by atoms with Gasteiger partial charge in [0.2, 0.25) is 0 Å². The van der Waals surface area contributed by atoms with E-state index in [1.54, 1.807) is 0 Å². The Balaban J connectivity index is 1.85. The summed E-state index contributed by atoms with van der Waals surface area (Å²) in [7, 11) is 0. The largest absolute Gasteiger partial charge is 0.374 e. The highest BCUT2D eigenvalue weighted by molar-refractivity contribution is 4.93. The zero-order valence-corrected chi connectivity index (χ0v) is 28.9. The van der Waals surface area contributed by atoms with E-state index < -0.39 is 0 Å². The number of nitrogens with one attached hydrogen (secondary N) is 1. The van der Waals surface area contributed by atoms with Gasteiger partial charge in [0.05, 0.1) is 12.2 Å². The van der Waals surface area contributed by atoms with Gasteiger partial charge in [-0.3, -0.25) is 0 Å². The summed E-state index contributed by atoms with van der Waals surface area (Å²) in [4.78, 5) is 0. The fourth-order valence-corrected chi connectivity index (χ4v) is 5.61. The molecule has 250 valence electrons. The second kappa shape index (κ2) is 33.7. The van der Waals surface area contributed by atoms with Crippen LogP contribution in [0.2, 0.25) is 0 Å². The summed E-state index contributed by atoms with van der Waals surface area (Å²) < 4.78 is 12.4. The summed E-state index contributed by atoms with van der Waals surface area (Å²) in [6.45, 7) is 8.17. The van der Waals surface area contributed by atoms with Crippen LogP contribution in [0.1, 0.15) is 168 Å². The third kappa shape index (κ3) is 28.1. The van der Waals surface area contributed by atoms with Crippen LogP contribution in [-0.2, 0) is 9.47 Å². The van der Waals surface area contributed by atoms with Crippen LogP contribution >= 0.6 is 0 Å². The second-order valence-electron chi connectivity index (χ2n) is 12.6. The van der Waals surface area contributed by atoms with Crippen LogP contribution in [0.15, 0.2) is 48.6 Å².